The van der Waals surface area contributed by atoms with Crippen molar-refractivity contribution in [3.63, 3.8) is 0 Å². The van der Waals surface area contributed by atoms with Crippen molar-refractivity contribution in [1.82, 2.24) is 9.80 Å². The SMILES string of the molecule is CCOc1ccc(F)c(NC(=O)N2CCCC(O)(CC(=O)N(C)C)C2)c1F. The average molecular weight is 385 g/mol. The predicted molar refractivity (Wildman–Crippen MR) is 95.6 cm³/mol. The van der Waals surface area contributed by atoms with Crippen LogP contribution in [0.25, 0.3) is 0 Å². The van der Waals surface area contributed by atoms with E-state index in [0.29, 0.717) is 19.4 Å². The first kappa shape index (κ1) is 20.9. The number of carbonyl (C=O) groups excluding carboxylic acids is 2. The van der Waals surface area contributed by atoms with E-state index in [9.17, 15) is 23.5 Å². The number of ether oxygens (including phenoxy) is 1. The molecular weight excluding hydrogens is 360 g/mol. The van der Waals surface area contributed by atoms with Crippen molar-refractivity contribution in [3.05, 3.63) is 23.8 Å². The lowest BCUT2D eigenvalue weighted by molar-refractivity contribution is -0.135. The van der Waals surface area contributed by atoms with E-state index in [0.717, 1.165) is 12.1 Å². The highest BCUT2D eigenvalue weighted by molar-refractivity contribution is 5.90. The smallest absolute Gasteiger partial charge is 0.322 e. The van der Waals surface area contributed by atoms with Crippen molar-refractivity contribution in [2.45, 2.75) is 31.8 Å². The van der Waals surface area contributed by atoms with Crippen LogP contribution in [0.4, 0.5) is 19.3 Å². The fraction of sp³-hybridized carbons (Fsp3) is 0.556. The number of piperidine rings is 1. The quantitative estimate of drug-likeness (QED) is 0.814. The number of benzene rings is 1. The molecule has 1 aromatic carbocycles. The zero-order valence-electron chi connectivity index (χ0n) is 15.7. The van der Waals surface area contributed by atoms with Crippen molar-refractivity contribution in [3.8, 4) is 5.75 Å². The predicted octanol–water partition coefficient (Wildman–Crippen LogP) is 2.20. The number of carbonyl (C=O) groups is 2. The molecule has 2 rings (SSSR count). The van der Waals surface area contributed by atoms with Gasteiger partial charge in [0.15, 0.2) is 11.6 Å². The molecule has 0 radical (unpaired) electrons. The maximum absolute atomic E-state index is 14.4. The Bertz CT molecular complexity index is 714. The third-order valence-electron chi connectivity index (χ3n) is 4.41. The van der Waals surface area contributed by atoms with Gasteiger partial charge in [0.25, 0.3) is 0 Å². The van der Waals surface area contributed by atoms with Crippen LogP contribution in [0.5, 0.6) is 5.75 Å². The number of anilines is 1. The molecule has 0 bridgehead atoms. The molecule has 1 aliphatic heterocycles. The van der Waals surface area contributed by atoms with E-state index in [1.165, 1.54) is 9.80 Å². The molecule has 1 heterocycles. The van der Waals surface area contributed by atoms with E-state index in [-0.39, 0.29) is 31.2 Å². The first-order valence-corrected chi connectivity index (χ1v) is 8.76. The highest BCUT2D eigenvalue weighted by atomic mass is 19.1. The molecule has 9 heteroatoms. The number of hydrogen-bond donors (Lipinski definition) is 2. The molecule has 0 aromatic heterocycles. The molecule has 2 N–H and O–H groups in total. The minimum Gasteiger partial charge on any atom is -0.491 e. The largest absolute Gasteiger partial charge is 0.491 e. The van der Waals surface area contributed by atoms with Crippen LogP contribution < -0.4 is 10.1 Å². The van der Waals surface area contributed by atoms with Gasteiger partial charge in [-0.1, -0.05) is 0 Å². The topological polar surface area (TPSA) is 82.1 Å². The van der Waals surface area contributed by atoms with Crippen LogP contribution in [0.3, 0.4) is 0 Å². The van der Waals surface area contributed by atoms with Crippen molar-refractivity contribution in [2.24, 2.45) is 0 Å². The summed E-state index contributed by atoms with van der Waals surface area (Å²) in [5.41, 5.74) is -1.98. The summed E-state index contributed by atoms with van der Waals surface area (Å²) < 4.78 is 33.4. The summed E-state index contributed by atoms with van der Waals surface area (Å²) in [7, 11) is 3.16. The molecule has 7 nitrogen and oxygen atoms in total. The second kappa shape index (κ2) is 8.51. The summed E-state index contributed by atoms with van der Waals surface area (Å²) in [6, 6.07) is 1.40. The molecule has 1 atom stereocenters. The number of halogens is 2. The number of nitrogens with zero attached hydrogens (tertiary/aromatic N) is 2. The first-order valence-electron chi connectivity index (χ1n) is 8.76. The number of hydrogen-bond acceptors (Lipinski definition) is 4. The highest BCUT2D eigenvalue weighted by Gasteiger charge is 2.37. The Hall–Kier alpha value is -2.42. The molecule has 0 spiro atoms. The Morgan fingerprint density at radius 2 is 2.07 bits per heavy atom. The second-order valence-corrected chi connectivity index (χ2v) is 6.81. The Labute approximate surface area is 156 Å². The van der Waals surface area contributed by atoms with E-state index in [1.54, 1.807) is 21.0 Å². The monoisotopic (exact) mass is 385 g/mol. The van der Waals surface area contributed by atoms with Crippen molar-refractivity contribution >= 4 is 17.6 Å². The Balaban J connectivity index is 2.12. The molecule has 1 saturated heterocycles. The zero-order chi connectivity index (χ0) is 20.2. The van der Waals surface area contributed by atoms with Crippen LogP contribution in [0.15, 0.2) is 12.1 Å². The fourth-order valence-corrected chi connectivity index (χ4v) is 2.97. The molecule has 0 saturated carbocycles. The van der Waals surface area contributed by atoms with E-state index < -0.39 is 29.0 Å². The number of aliphatic hydroxyl groups is 1. The van der Waals surface area contributed by atoms with Gasteiger partial charge in [-0.05, 0) is 31.9 Å². The molecule has 1 aliphatic rings. The van der Waals surface area contributed by atoms with Crippen LogP contribution in [0.1, 0.15) is 26.2 Å². The minimum atomic E-state index is -1.37. The van der Waals surface area contributed by atoms with Crippen LogP contribution in [0, 0.1) is 11.6 Å². The normalized spacial score (nSPS) is 19.6. The molecule has 1 unspecified atom stereocenters. The number of β-amino-alcohol motifs (C(OH)–C–C–N with tert-alkyl or cyclic N) is 1. The number of nitrogens with one attached hydrogen (secondary N) is 1. The maximum Gasteiger partial charge on any atom is 0.322 e. The third-order valence-corrected chi connectivity index (χ3v) is 4.41. The lowest BCUT2D eigenvalue weighted by atomic mass is 9.89. The van der Waals surface area contributed by atoms with E-state index >= 15 is 0 Å². The molecule has 0 aliphatic carbocycles. The van der Waals surface area contributed by atoms with Crippen LogP contribution in [0.2, 0.25) is 0 Å². The average Bonchev–Trinajstić information content (AvgIpc) is 2.60. The van der Waals surface area contributed by atoms with E-state index in [4.69, 9.17) is 4.74 Å². The van der Waals surface area contributed by atoms with Gasteiger partial charge >= 0.3 is 6.03 Å². The Morgan fingerprint density at radius 3 is 2.70 bits per heavy atom. The van der Waals surface area contributed by atoms with Crippen LogP contribution >= 0.6 is 0 Å². The van der Waals surface area contributed by atoms with Gasteiger partial charge < -0.3 is 25.0 Å². The van der Waals surface area contributed by atoms with E-state index in [2.05, 4.69) is 5.32 Å². The summed E-state index contributed by atoms with van der Waals surface area (Å²) in [6.07, 6.45) is 0.694. The van der Waals surface area contributed by atoms with Gasteiger partial charge in [-0.3, -0.25) is 4.79 Å². The summed E-state index contributed by atoms with van der Waals surface area (Å²) in [6.45, 7) is 2.05. The van der Waals surface area contributed by atoms with Crippen molar-refractivity contribution in [2.75, 3.05) is 39.1 Å². The Morgan fingerprint density at radius 1 is 1.37 bits per heavy atom. The van der Waals surface area contributed by atoms with Gasteiger partial charge in [-0.2, -0.15) is 0 Å². The van der Waals surface area contributed by atoms with Gasteiger partial charge in [0.1, 0.15) is 11.5 Å². The molecular formula is C18H25F2N3O4. The summed E-state index contributed by atoms with van der Waals surface area (Å²) in [5, 5.41) is 12.9. The van der Waals surface area contributed by atoms with Gasteiger partial charge in [-0.25, -0.2) is 13.6 Å². The van der Waals surface area contributed by atoms with Gasteiger partial charge in [0, 0.05) is 20.6 Å². The molecule has 1 fully saturated rings. The zero-order valence-corrected chi connectivity index (χ0v) is 15.7. The van der Waals surface area contributed by atoms with E-state index in [1.807, 2.05) is 0 Å². The molecule has 3 amide bonds. The van der Waals surface area contributed by atoms with Crippen molar-refractivity contribution in [1.29, 1.82) is 0 Å². The third kappa shape index (κ3) is 5.06. The Kier molecular flexibility index (Phi) is 6.59. The molecule has 150 valence electrons. The number of rotatable bonds is 5. The van der Waals surface area contributed by atoms with Gasteiger partial charge in [0.2, 0.25) is 5.91 Å². The number of likely N-dealkylation sites (tertiary alicyclic amines) is 1. The van der Waals surface area contributed by atoms with Crippen LogP contribution in [-0.2, 0) is 4.79 Å². The lowest BCUT2D eigenvalue weighted by Gasteiger charge is -2.39. The molecule has 27 heavy (non-hydrogen) atoms. The molecule has 1 aromatic rings. The highest BCUT2D eigenvalue weighted by Crippen LogP contribution is 2.29. The number of amides is 3. The first-order chi connectivity index (χ1) is 12.7. The summed E-state index contributed by atoms with van der Waals surface area (Å²) in [5.74, 6) is -2.36. The number of urea groups is 1. The maximum atomic E-state index is 14.4. The fourth-order valence-electron chi connectivity index (χ4n) is 2.97. The second-order valence-electron chi connectivity index (χ2n) is 6.81. The lowest BCUT2D eigenvalue weighted by Crippen LogP contribution is -2.53. The summed E-state index contributed by atoms with van der Waals surface area (Å²) in [4.78, 5) is 27.0. The minimum absolute atomic E-state index is 0.104. The van der Waals surface area contributed by atoms with Gasteiger partial charge in [-0.15, -0.1) is 0 Å². The van der Waals surface area contributed by atoms with Crippen LogP contribution in [-0.4, -0.2) is 66.2 Å². The summed E-state index contributed by atoms with van der Waals surface area (Å²) >= 11 is 0. The van der Waals surface area contributed by atoms with Crippen molar-refractivity contribution < 1.29 is 28.2 Å². The standard InChI is InChI=1S/C18H25F2N3O4/c1-4-27-13-7-6-12(19)16(15(13)20)21-17(25)23-9-5-8-18(26,11-23)10-14(24)22(2)3/h6-7,26H,4-5,8-11H2,1-3H3,(H,21,25). The van der Waals surface area contributed by atoms with Gasteiger partial charge in [0.05, 0.1) is 25.2 Å².